The molecule has 2 fully saturated rings. The van der Waals surface area contributed by atoms with Crippen molar-refractivity contribution >= 4 is 5.78 Å². The van der Waals surface area contributed by atoms with E-state index in [9.17, 15) is 4.79 Å². The van der Waals surface area contributed by atoms with Gasteiger partial charge in [0.15, 0.2) is 0 Å². The Morgan fingerprint density at radius 2 is 1.73 bits per heavy atom. The van der Waals surface area contributed by atoms with E-state index < -0.39 is 0 Å². The van der Waals surface area contributed by atoms with E-state index in [4.69, 9.17) is 4.74 Å². The second-order valence-corrected chi connectivity index (χ2v) is 5.44. The van der Waals surface area contributed by atoms with Gasteiger partial charge in [0.2, 0.25) is 0 Å². The van der Waals surface area contributed by atoms with Crippen LogP contribution in [-0.2, 0) is 9.53 Å². The van der Waals surface area contributed by atoms with Gasteiger partial charge in [-0.05, 0) is 32.1 Å². The Morgan fingerprint density at radius 3 is 2.27 bits per heavy atom. The maximum absolute atomic E-state index is 12.2. The topological polar surface area (TPSA) is 26.3 Å². The Kier molecular flexibility index (Phi) is 3.45. The van der Waals surface area contributed by atoms with Crippen LogP contribution in [0.3, 0.4) is 0 Å². The quantitative estimate of drug-likeness (QED) is 0.700. The van der Waals surface area contributed by atoms with Crippen molar-refractivity contribution in [1.29, 1.82) is 0 Å². The molecule has 1 saturated heterocycles. The van der Waals surface area contributed by atoms with Crippen LogP contribution in [-0.4, -0.2) is 18.5 Å². The fourth-order valence-electron chi connectivity index (χ4n) is 2.89. The van der Waals surface area contributed by atoms with Gasteiger partial charge in [0.1, 0.15) is 5.78 Å². The van der Waals surface area contributed by atoms with Crippen LogP contribution in [0.2, 0.25) is 0 Å². The zero-order valence-electron chi connectivity index (χ0n) is 9.87. The summed E-state index contributed by atoms with van der Waals surface area (Å²) < 4.78 is 5.48. The zero-order chi connectivity index (χ0) is 10.8. The fraction of sp³-hybridized carbons (Fsp3) is 0.923. The summed E-state index contributed by atoms with van der Waals surface area (Å²) in [5, 5.41) is 0. The maximum atomic E-state index is 12.2. The molecular formula is C13H22O2. The normalized spacial score (nSPS) is 41.7. The SMILES string of the molecule is CC1CCC(C(=O)C2COC(C)C2)CC1. The van der Waals surface area contributed by atoms with Gasteiger partial charge < -0.3 is 4.74 Å². The van der Waals surface area contributed by atoms with Crippen LogP contribution in [0, 0.1) is 17.8 Å². The average Bonchev–Trinajstić information content (AvgIpc) is 2.65. The first-order chi connectivity index (χ1) is 7.16. The number of rotatable bonds is 2. The van der Waals surface area contributed by atoms with Crippen molar-refractivity contribution in [3.63, 3.8) is 0 Å². The molecule has 0 bridgehead atoms. The van der Waals surface area contributed by atoms with Gasteiger partial charge in [-0.1, -0.05) is 19.8 Å². The van der Waals surface area contributed by atoms with Crippen LogP contribution >= 0.6 is 0 Å². The monoisotopic (exact) mass is 210 g/mol. The van der Waals surface area contributed by atoms with Crippen LogP contribution in [0.1, 0.15) is 46.0 Å². The number of carbonyl (C=O) groups excluding carboxylic acids is 1. The Labute approximate surface area is 92.4 Å². The highest BCUT2D eigenvalue weighted by Crippen LogP contribution is 2.33. The Bertz CT molecular complexity index is 229. The molecule has 1 heterocycles. The zero-order valence-corrected chi connectivity index (χ0v) is 9.87. The first kappa shape index (κ1) is 11.1. The lowest BCUT2D eigenvalue weighted by Crippen LogP contribution is -2.27. The van der Waals surface area contributed by atoms with Crippen molar-refractivity contribution in [3.8, 4) is 0 Å². The van der Waals surface area contributed by atoms with Gasteiger partial charge in [0.25, 0.3) is 0 Å². The van der Waals surface area contributed by atoms with Gasteiger partial charge in [-0.25, -0.2) is 0 Å². The molecule has 1 aliphatic carbocycles. The largest absolute Gasteiger partial charge is 0.378 e. The molecule has 2 heteroatoms. The highest BCUT2D eigenvalue weighted by Gasteiger charge is 2.34. The molecule has 2 nitrogen and oxygen atoms in total. The predicted octanol–water partition coefficient (Wildman–Crippen LogP) is 2.81. The molecule has 0 aromatic carbocycles. The van der Waals surface area contributed by atoms with E-state index in [-0.39, 0.29) is 5.92 Å². The highest BCUT2D eigenvalue weighted by atomic mass is 16.5. The number of hydrogen-bond donors (Lipinski definition) is 0. The Balaban J connectivity index is 1.85. The van der Waals surface area contributed by atoms with E-state index in [2.05, 4.69) is 13.8 Å². The van der Waals surface area contributed by atoms with Gasteiger partial charge in [-0.3, -0.25) is 4.79 Å². The third kappa shape index (κ3) is 2.60. The molecule has 86 valence electrons. The van der Waals surface area contributed by atoms with Crippen molar-refractivity contribution in [2.75, 3.05) is 6.61 Å². The molecule has 1 aliphatic heterocycles. The molecule has 2 unspecified atom stereocenters. The van der Waals surface area contributed by atoms with Gasteiger partial charge in [0, 0.05) is 11.8 Å². The first-order valence-corrected chi connectivity index (χ1v) is 6.32. The Hall–Kier alpha value is -0.370. The molecule has 2 aliphatic rings. The lowest BCUT2D eigenvalue weighted by Gasteiger charge is -2.26. The summed E-state index contributed by atoms with van der Waals surface area (Å²) in [7, 11) is 0. The molecule has 0 aromatic heterocycles. The summed E-state index contributed by atoms with van der Waals surface area (Å²) in [5.74, 6) is 1.87. The van der Waals surface area contributed by atoms with E-state index in [0.29, 0.717) is 24.4 Å². The van der Waals surface area contributed by atoms with E-state index in [0.717, 1.165) is 25.2 Å². The number of carbonyl (C=O) groups is 1. The third-order valence-electron chi connectivity index (χ3n) is 4.02. The molecule has 0 aromatic rings. The number of ether oxygens (including phenoxy) is 1. The molecular weight excluding hydrogens is 188 g/mol. The van der Waals surface area contributed by atoms with Crippen LogP contribution in [0.25, 0.3) is 0 Å². The van der Waals surface area contributed by atoms with E-state index in [1.807, 2.05) is 0 Å². The standard InChI is InChI=1S/C13H22O2/c1-9-3-5-11(6-4-9)13(14)12-7-10(2)15-8-12/h9-12H,3-8H2,1-2H3. The van der Waals surface area contributed by atoms with Crippen molar-refractivity contribution < 1.29 is 9.53 Å². The van der Waals surface area contributed by atoms with Crippen molar-refractivity contribution in [2.45, 2.75) is 52.1 Å². The van der Waals surface area contributed by atoms with Crippen LogP contribution in [0.4, 0.5) is 0 Å². The number of hydrogen-bond acceptors (Lipinski definition) is 2. The molecule has 2 rings (SSSR count). The van der Waals surface area contributed by atoms with E-state index in [1.165, 1.54) is 12.8 Å². The van der Waals surface area contributed by atoms with E-state index in [1.54, 1.807) is 0 Å². The lowest BCUT2D eigenvalue weighted by molar-refractivity contribution is -0.128. The molecule has 1 saturated carbocycles. The summed E-state index contributed by atoms with van der Waals surface area (Å²) in [6.45, 7) is 5.03. The predicted molar refractivity (Wildman–Crippen MR) is 59.7 cm³/mol. The number of Topliss-reactive ketones (excluding diaryl/α,β-unsaturated/α-hetero) is 1. The van der Waals surface area contributed by atoms with Crippen molar-refractivity contribution in [1.82, 2.24) is 0 Å². The lowest BCUT2D eigenvalue weighted by atomic mass is 9.77. The third-order valence-corrected chi connectivity index (χ3v) is 4.02. The minimum absolute atomic E-state index is 0.207. The summed E-state index contributed by atoms with van der Waals surface area (Å²) in [5.41, 5.74) is 0. The van der Waals surface area contributed by atoms with Crippen molar-refractivity contribution in [2.24, 2.45) is 17.8 Å². The van der Waals surface area contributed by atoms with Crippen LogP contribution in [0.15, 0.2) is 0 Å². The molecule has 2 atom stereocenters. The van der Waals surface area contributed by atoms with Gasteiger partial charge >= 0.3 is 0 Å². The number of ketones is 1. The summed E-state index contributed by atoms with van der Waals surface area (Å²) in [6, 6.07) is 0. The summed E-state index contributed by atoms with van der Waals surface area (Å²) in [6.07, 6.45) is 5.95. The van der Waals surface area contributed by atoms with Crippen LogP contribution in [0.5, 0.6) is 0 Å². The summed E-state index contributed by atoms with van der Waals surface area (Å²) in [4.78, 5) is 12.2. The Morgan fingerprint density at radius 1 is 1.07 bits per heavy atom. The van der Waals surface area contributed by atoms with E-state index >= 15 is 0 Å². The van der Waals surface area contributed by atoms with Gasteiger partial charge in [0.05, 0.1) is 12.7 Å². The molecule has 0 radical (unpaired) electrons. The molecule has 0 spiro atoms. The second kappa shape index (κ2) is 4.65. The molecule has 0 amide bonds. The minimum Gasteiger partial charge on any atom is -0.378 e. The fourth-order valence-corrected chi connectivity index (χ4v) is 2.89. The highest BCUT2D eigenvalue weighted by molar-refractivity contribution is 5.83. The molecule has 0 N–H and O–H groups in total. The van der Waals surface area contributed by atoms with Gasteiger partial charge in [-0.2, -0.15) is 0 Å². The van der Waals surface area contributed by atoms with Gasteiger partial charge in [-0.15, -0.1) is 0 Å². The maximum Gasteiger partial charge on any atom is 0.141 e. The van der Waals surface area contributed by atoms with Crippen molar-refractivity contribution in [3.05, 3.63) is 0 Å². The summed E-state index contributed by atoms with van der Waals surface area (Å²) >= 11 is 0. The molecule has 15 heavy (non-hydrogen) atoms. The average molecular weight is 210 g/mol. The second-order valence-electron chi connectivity index (χ2n) is 5.44. The smallest absolute Gasteiger partial charge is 0.141 e. The minimum atomic E-state index is 0.207. The first-order valence-electron chi connectivity index (χ1n) is 6.32. The van der Waals surface area contributed by atoms with Crippen LogP contribution < -0.4 is 0 Å².